The zero-order chi connectivity index (χ0) is 22.2. The molecule has 1 fully saturated rings. The Balaban J connectivity index is 1.52. The maximum atomic E-state index is 12.9. The Morgan fingerprint density at radius 3 is 2.35 bits per heavy atom. The van der Waals surface area contributed by atoms with Crippen LogP contribution in [0, 0.1) is 0 Å². The summed E-state index contributed by atoms with van der Waals surface area (Å²) in [5.41, 5.74) is 2.56. The molecule has 1 aliphatic heterocycles. The highest BCUT2D eigenvalue weighted by molar-refractivity contribution is 6.30. The molecule has 1 amide bonds. The first kappa shape index (κ1) is 21.4. The summed E-state index contributed by atoms with van der Waals surface area (Å²) in [5.74, 6) is 0.190. The molecular weight excluding hydrogens is 414 g/mol. The highest BCUT2D eigenvalue weighted by Gasteiger charge is 2.29. The van der Waals surface area contributed by atoms with Crippen LogP contribution < -0.4 is 0 Å². The van der Waals surface area contributed by atoms with Crippen LogP contribution in [0.4, 0.5) is 4.79 Å². The smallest absolute Gasteiger partial charge is 0.410 e. The third kappa shape index (κ3) is 4.74. The number of nitrogens with one attached hydrogen (secondary N) is 1. The maximum Gasteiger partial charge on any atom is 0.410 e. The largest absolute Gasteiger partial charge is 0.444 e. The number of nitrogens with zero attached hydrogens (tertiary/aromatic N) is 2. The number of rotatable bonds is 3. The molecule has 0 spiro atoms. The van der Waals surface area contributed by atoms with E-state index in [4.69, 9.17) is 16.3 Å². The van der Waals surface area contributed by atoms with E-state index in [9.17, 15) is 9.59 Å². The quantitative estimate of drug-likeness (QED) is 0.542. The number of carbonyl (C=O) groups is 2. The van der Waals surface area contributed by atoms with Crippen molar-refractivity contribution in [3.63, 3.8) is 0 Å². The van der Waals surface area contributed by atoms with Gasteiger partial charge in [0, 0.05) is 46.2 Å². The second kappa shape index (κ2) is 8.35. The Kier molecular flexibility index (Phi) is 5.75. The summed E-state index contributed by atoms with van der Waals surface area (Å²) in [6.07, 6.45) is 1.36. The number of ketones is 1. The number of aromatic nitrogens is 2. The van der Waals surface area contributed by atoms with Crippen LogP contribution in [-0.4, -0.2) is 45.7 Å². The standard InChI is InChI=1S/C24H26ClN3O3/c1-24(2,3)31-23(30)28-12-10-15(11-13-28)21-19-14-17(6-9-20(19)26-27-21)22(29)16-4-7-18(25)8-5-16/h4-9,14-15H,10-13H2,1-3H3,(H,26,27). The second-order valence-electron chi connectivity index (χ2n) is 8.95. The number of hydrogen-bond donors (Lipinski definition) is 1. The minimum Gasteiger partial charge on any atom is -0.444 e. The molecule has 0 unspecified atom stereocenters. The molecule has 7 heteroatoms. The molecule has 2 heterocycles. The lowest BCUT2D eigenvalue weighted by atomic mass is 9.91. The van der Waals surface area contributed by atoms with Crippen molar-refractivity contribution in [2.24, 2.45) is 0 Å². The first-order chi connectivity index (χ1) is 14.7. The van der Waals surface area contributed by atoms with Crippen LogP contribution in [0.15, 0.2) is 42.5 Å². The Morgan fingerprint density at radius 1 is 1.06 bits per heavy atom. The van der Waals surface area contributed by atoms with Gasteiger partial charge in [-0.15, -0.1) is 0 Å². The van der Waals surface area contributed by atoms with Gasteiger partial charge in [0.1, 0.15) is 5.60 Å². The number of benzene rings is 2. The molecule has 1 saturated heterocycles. The number of fused-ring (bicyclic) bond motifs is 1. The monoisotopic (exact) mass is 439 g/mol. The molecule has 0 aliphatic carbocycles. The van der Waals surface area contributed by atoms with Crippen molar-refractivity contribution in [2.45, 2.75) is 45.1 Å². The first-order valence-electron chi connectivity index (χ1n) is 10.5. The van der Waals surface area contributed by atoms with E-state index in [1.807, 2.05) is 32.9 Å². The van der Waals surface area contributed by atoms with E-state index in [2.05, 4.69) is 10.2 Å². The lowest BCUT2D eigenvalue weighted by molar-refractivity contribution is 0.0204. The molecule has 0 atom stereocenters. The predicted octanol–water partition coefficient (Wildman–Crippen LogP) is 5.56. The van der Waals surface area contributed by atoms with Crippen molar-refractivity contribution in [1.82, 2.24) is 15.1 Å². The summed E-state index contributed by atoms with van der Waals surface area (Å²) in [7, 11) is 0. The van der Waals surface area contributed by atoms with Crippen molar-refractivity contribution < 1.29 is 14.3 Å². The summed E-state index contributed by atoms with van der Waals surface area (Å²) in [6, 6.07) is 12.5. The van der Waals surface area contributed by atoms with E-state index in [-0.39, 0.29) is 17.8 Å². The zero-order valence-corrected chi connectivity index (χ0v) is 18.7. The molecule has 3 aromatic rings. The number of likely N-dealkylation sites (tertiary alicyclic amines) is 1. The van der Waals surface area contributed by atoms with Gasteiger partial charge in [-0.1, -0.05) is 11.6 Å². The van der Waals surface area contributed by atoms with Crippen LogP contribution in [0.3, 0.4) is 0 Å². The fourth-order valence-corrected chi connectivity index (χ4v) is 4.05. The Bertz CT molecular complexity index is 1110. The molecule has 0 saturated carbocycles. The molecule has 4 rings (SSSR count). The van der Waals surface area contributed by atoms with E-state index in [1.165, 1.54) is 0 Å². The van der Waals surface area contributed by atoms with Crippen LogP contribution in [0.5, 0.6) is 0 Å². The molecule has 162 valence electrons. The van der Waals surface area contributed by atoms with Gasteiger partial charge in [0.05, 0.1) is 5.52 Å². The minimum absolute atomic E-state index is 0.0505. The van der Waals surface area contributed by atoms with Gasteiger partial charge in [0.25, 0.3) is 0 Å². The predicted molar refractivity (Wildman–Crippen MR) is 121 cm³/mol. The van der Waals surface area contributed by atoms with Gasteiger partial charge in [-0.25, -0.2) is 4.79 Å². The molecule has 31 heavy (non-hydrogen) atoms. The van der Waals surface area contributed by atoms with E-state index in [0.29, 0.717) is 29.2 Å². The molecule has 0 bridgehead atoms. The van der Waals surface area contributed by atoms with E-state index >= 15 is 0 Å². The zero-order valence-electron chi connectivity index (χ0n) is 17.9. The van der Waals surface area contributed by atoms with Crippen molar-refractivity contribution in [3.8, 4) is 0 Å². The molecule has 2 aromatic carbocycles. The topological polar surface area (TPSA) is 75.3 Å². The number of halogens is 1. The molecular formula is C24H26ClN3O3. The van der Waals surface area contributed by atoms with Crippen LogP contribution >= 0.6 is 11.6 Å². The van der Waals surface area contributed by atoms with Crippen LogP contribution in [0.25, 0.3) is 10.9 Å². The highest BCUT2D eigenvalue weighted by atomic mass is 35.5. The van der Waals surface area contributed by atoms with Gasteiger partial charge in [-0.2, -0.15) is 5.10 Å². The summed E-state index contributed by atoms with van der Waals surface area (Å²) in [4.78, 5) is 27.0. The number of ether oxygens (including phenoxy) is 1. The van der Waals surface area contributed by atoms with Gasteiger partial charge in [0.15, 0.2) is 5.78 Å². The number of hydrogen-bond acceptors (Lipinski definition) is 4. The molecule has 6 nitrogen and oxygen atoms in total. The average molecular weight is 440 g/mol. The second-order valence-corrected chi connectivity index (χ2v) is 9.38. The molecule has 1 aromatic heterocycles. The summed E-state index contributed by atoms with van der Waals surface area (Å²) >= 11 is 5.94. The number of amides is 1. The van der Waals surface area contributed by atoms with E-state index < -0.39 is 5.60 Å². The van der Waals surface area contributed by atoms with Crippen molar-refractivity contribution >= 4 is 34.4 Å². The number of carbonyl (C=O) groups excluding carboxylic acids is 2. The van der Waals surface area contributed by atoms with Crippen molar-refractivity contribution in [1.29, 1.82) is 0 Å². The average Bonchev–Trinajstić information content (AvgIpc) is 3.16. The Labute approximate surface area is 186 Å². The summed E-state index contributed by atoms with van der Waals surface area (Å²) < 4.78 is 5.49. The number of aromatic amines is 1. The lowest BCUT2D eigenvalue weighted by Gasteiger charge is -2.33. The van der Waals surface area contributed by atoms with Gasteiger partial charge < -0.3 is 9.64 Å². The first-order valence-corrected chi connectivity index (χ1v) is 10.9. The van der Waals surface area contributed by atoms with Gasteiger partial charge in [0.2, 0.25) is 0 Å². The Morgan fingerprint density at radius 2 is 1.71 bits per heavy atom. The van der Waals surface area contributed by atoms with Crippen molar-refractivity contribution in [2.75, 3.05) is 13.1 Å². The third-order valence-corrected chi connectivity index (χ3v) is 5.76. The highest BCUT2D eigenvalue weighted by Crippen LogP contribution is 2.32. The number of piperidine rings is 1. The van der Waals surface area contributed by atoms with Gasteiger partial charge in [-0.05, 0) is 76.1 Å². The third-order valence-electron chi connectivity index (χ3n) is 5.51. The number of H-pyrrole nitrogens is 1. The SMILES string of the molecule is CC(C)(C)OC(=O)N1CCC(c2[nH]nc3ccc(C(=O)c4ccc(Cl)cc4)cc23)CC1. The Hall–Kier alpha value is -2.86. The lowest BCUT2D eigenvalue weighted by Crippen LogP contribution is -2.41. The van der Waals surface area contributed by atoms with Gasteiger partial charge in [-0.3, -0.25) is 9.89 Å². The van der Waals surface area contributed by atoms with E-state index in [1.54, 1.807) is 35.2 Å². The molecule has 0 radical (unpaired) electrons. The van der Waals surface area contributed by atoms with Crippen LogP contribution in [-0.2, 0) is 4.74 Å². The summed E-state index contributed by atoms with van der Waals surface area (Å²) in [5, 5.41) is 9.14. The van der Waals surface area contributed by atoms with E-state index in [0.717, 1.165) is 29.4 Å². The normalized spacial score (nSPS) is 15.3. The van der Waals surface area contributed by atoms with Crippen LogP contribution in [0.1, 0.15) is 61.1 Å². The van der Waals surface area contributed by atoms with Gasteiger partial charge >= 0.3 is 6.09 Å². The van der Waals surface area contributed by atoms with Crippen LogP contribution in [0.2, 0.25) is 5.02 Å². The molecule has 1 N–H and O–H groups in total. The maximum absolute atomic E-state index is 12.9. The summed E-state index contributed by atoms with van der Waals surface area (Å²) in [6.45, 7) is 6.87. The fraction of sp³-hybridized carbons (Fsp3) is 0.375. The minimum atomic E-state index is -0.499. The molecule has 1 aliphatic rings. The van der Waals surface area contributed by atoms with Crippen molar-refractivity contribution in [3.05, 3.63) is 64.3 Å². The fourth-order valence-electron chi connectivity index (χ4n) is 3.93.